The van der Waals surface area contributed by atoms with Crippen LogP contribution < -0.4 is 15.4 Å². The number of ether oxygens (including phenoxy) is 3. The van der Waals surface area contributed by atoms with Crippen molar-refractivity contribution < 1.29 is 33.0 Å². The molecule has 0 saturated heterocycles. The number of furan rings is 1. The molecule has 0 bridgehead atoms. The zero-order chi connectivity index (χ0) is 22.4. The zero-order valence-corrected chi connectivity index (χ0v) is 17.5. The minimum atomic E-state index is -0.872. The Morgan fingerprint density at radius 2 is 1.94 bits per heavy atom. The van der Waals surface area contributed by atoms with Gasteiger partial charge in [-0.2, -0.15) is 0 Å². The summed E-state index contributed by atoms with van der Waals surface area (Å²) in [6, 6.07) is 7.30. The third-order valence-corrected chi connectivity index (χ3v) is 4.69. The molecule has 9 nitrogen and oxygen atoms in total. The molecule has 1 aromatic heterocycles. The van der Waals surface area contributed by atoms with Gasteiger partial charge < -0.3 is 29.3 Å². The van der Waals surface area contributed by atoms with Crippen molar-refractivity contribution in [3.63, 3.8) is 0 Å². The van der Waals surface area contributed by atoms with Crippen molar-refractivity contribution >= 4 is 18.0 Å². The molecule has 9 heteroatoms. The van der Waals surface area contributed by atoms with Crippen LogP contribution >= 0.6 is 0 Å². The van der Waals surface area contributed by atoms with E-state index >= 15 is 0 Å². The lowest BCUT2D eigenvalue weighted by atomic mass is 10.0. The molecule has 1 atom stereocenters. The highest BCUT2D eigenvalue weighted by Crippen LogP contribution is 2.28. The van der Waals surface area contributed by atoms with E-state index in [2.05, 4.69) is 10.6 Å². The molecule has 0 aliphatic carbocycles. The Labute approximate surface area is 179 Å². The van der Waals surface area contributed by atoms with Crippen molar-refractivity contribution in [2.45, 2.75) is 26.8 Å². The molecule has 1 aliphatic rings. The Morgan fingerprint density at radius 3 is 2.61 bits per heavy atom. The summed E-state index contributed by atoms with van der Waals surface area (Å²) in [4.78, 5) is 36.8. The molecule has 31 heavy (non-hydrogen) atoms. The third kappa shape index (κ3) is 5.44. The predicted octanol–water partition coefficient (Wildman–Crippen LogP) is 2.69. The fourth-order valence-corrected chi connectivity index (χ4v) is 2.99. The van der Waals surface area contributed by atoms with Gasteiger partial charge in [0.05, 0.1) is 24.1 Å². The molecule has 1 unspecified atom stereocenters. The summed E-state index contributed by atoms with van der Waals surface area (Å²) in [6.07, 6.45) is 1.43. The van der Waals surface area contributed by atoms with Crippen molar-refractivity contribution in [1.29, 1.82) is 0 Å². The van der Waals surface area contributed by atoms with Gasteiger partial charge in [0.15, 0.2) is 6.61 Å². The van der Waals surface area contributed by atoms with Crippen LogP contribution in [0, 0.1) is 13.8 Å². The van der Waals surface area contributed by atoms with Gasteiger partial charge in [-0.25, -0.2) is 14.4 Å². The highest BCUT2D eigenvalue weighted by Gasteiger charge is 2.35. The quantitative estimate of drug-likeness (QED) is 0.621. The van der Waals surface area contributed by atoms with Crippen LogP contribution in [0.5, 0.6) is 5.75 Å². The zero-order valence-electron chi connectivity index (χ0n) is 17.5. The second-order valence-corrected chi connectivity index (χ2v) is 6.86. The fraction of sp³-hybridized carbons (Fsp3) is 0.318. The summed E-state index contributed by atoms with van der Waals surface area (Å²) < 4.78 is 21.1. The Balaban J connectivity index is 1.71. The fourth-order valence-electron chi connectivity index (χ4n) is 2.99. The van der Waals surface area contributed by atoms with E-state index in [1.165, 1.54) is 6.26 Å². The number of urea groups is 1. The second-order valence-electron chi connectivity index (χ2n) is 6.86. The second kappa shape index (κ2) is 9.84. The summed E-state index contributed by atoms with van der Waals surface area (Å²) in [5, 5.41) is 5.12. The minimum absolute atomic E-state index is 0.0966. The molecule has 0 saturated carbocycles. The number of carbonyl (C=O) groups is 3. The molecular weight excluding hydrogens is 404 g/mol. The standard InChI is InChI=1S/C22H24N2O7/c1-4-28-21(26)19-16(23-22(27)24-20(19)17-6-5-9-29-17)11-31-18(25)12-30-15-8-7-13(2)14(3)10-15/h5-10,20H,4,11-12H2,1-3H3,(H2,23,24,27). The van der Waals surface area contributed by atoms with E-state index in [0.29, 0.717) is 11.5 Å². The van der Waals surface area contributed by atoms with Gasteiger partial charge >= 0.3 is 18.0 Å². The maximum Gasteiger partial charge on any atom is 0.344 e. The van der Waals surface area contributed by atoms with Gasteiger partial charge in [0.2, 0.25) is 0 Å². The van der Waals surface area contributed by atoms with Crippen LogP contribution in [0.4, 0.5) is 4.79 Å². The number of carbonyl (C=O) groups excluding carboxylic acids is 3. The number of hydrogen-bond donors (Lipinski definition) is 2. The minimum Gasteiger partial charge on any atom is -0.482 e. The lowest BCUT2D eigenvalue weighted by molar-refractivity contribution is -0.145. The van der Waals surface area contributed by atoms with Crippen molar-refractivity contribution in [2.24, 2.45) is 0 Å². The van der Waals surface area contributed by atoms with Crippen LogP contribution in [0.2, 0.25) is 0 Å². The van der Waals surface area contributed by atoms with Crippen LogP contribution in [0.25, 0.3) is 0 Å². The number of rotatable bonds is 8. The first-order valence-corrected chi connectivity index (χ1v) is 9.75. The van der Waals surface area contributed by atoms with Crippen LogP contribution in [0.1, 0.15) is 29.9 Å². The molecule has 0 radical (unpaired) electrons. The molecule has 1 aliphatic heterocycles. The monoisotopic (exact) mass is 428 g/mol. The summed E-state index contributed by atoms with van der Waals surface area (Å²) in [5.41, 5.74) is 2.36. The molecular formula is C22H24N2O7. The molecule has 164 valence electrons. The van der Waals surface area contributed by atoms with Crippen LogP contribution in [0.15, 0.2) is 52.3 Å². The van der Waals surface area contributed by atoms with Crippen molar-refractivity contribution in [3.05, 3.63) is 64.8 Å². The Bertz CT molecular complexity index is 995. The van der Waals surface area contributed by atoms with Gasteiger partial charge in [0, 0.05) is 0 Å². The Morgan fingerprint density at radius 1 is 1.13 bits per heavy atom. The van der Waals surface area contributed by atoms with E-state index in [1.54, 1.807) is 25.1 Å². The Kier molecular flexibility index (Phi) is 6.96. The van der Waals surface area contributed by atoms with Crippen molar-refractivity contribution in [3.8, 4) is 5.75 Å². The van der Waals surface area contributed by atoms with Crippen LogP contribution in [-0.4, -0.2) is 37.8 Å². The van der Waals surface area contributed by atoms with Crippen LogP contribution in [0.3, 0.4) is 0 Å². The number of amides is 2. The first kappa shape index (κ1) is 21.9. The lowest BCUT2D eigenvalue weighted by Gasteiger charge is -2.27. The van der Waals surface area contributed by atoms with E-state index in [4.69, 9.17) is 18.6 Å². The molecule has 2 aromatic rings. The molecule has 2 amide bonds. The average molecular weight is 428 g/mol. The molecule has 0 spiro atoms. The highest BCUT2D eigenvalue weighted by molar-refractivity contribution is 5.95. The van der Waals surface area contributed by atoms with E-state index < -0.39 is 24.0 Å². The third-order valence-electron chi connectivity index (χ3n) is 4.69. The first-order chi connectivity index (χ1) is 14.9. The van der Waals surface area contributed by atoms with Gasteiger partial charge in [-0.05, 0) is 56.2 Å². The van der Waals surface area contributed by atoms with E-state index in [-0.39, 0.29) is 31.1 Å². The highest BCUT2D eigenvalue weighted by atomic mass is 16.6. The molecule has 0 fully saturated rings. The lowest BCUT2D eigenvalue weighted by Crippen LogP contribution is -2.47. The molecule has 2 N–H and O–H groups in total. The van der Waals surface area contributed by atoms with Crippen molar-refractivity contribution in [1.82, 2.24) is 10.6 Å². The van der Waals surface area contributed by atoms with E-state index in [0.717, 1.165) is 11.1 Å². The molecule has 2 heterocycles. The predicted molar refractivity (Wildman–Crippen MR) is 109 cm³/mol. The maximum absolute atomic E-state index is 12.6. The van der Waals surface area contributed by atoms with Gasteiger partial charge in [-0.1, -0.05) is 6.07 Å². The number of aryl methyl sites for hydroxylation is 2. The first-order valence-electron chi connectivity index (χ1n) is 9.75. The smallest absolute Gasteiger partial charge is 0.344 e. The van der Waals surface area contributed by atoms with Gasteiger partial charge in [-0.3, -0.25) is 0 Å². The summed E-state index contributed by atoms with van der Waals surface area (Å²) in [6.45, 7) is 5.06. The van der Waals surface area contributed by atoms with Crippen molar-refractivity contribution in [2.75, 3.05) is 19.8 Å². The average Bonchev–Trinajstić information content (AvgIpc) is 3.27. The topological polar surface area (TPSA) is 116 Å². The number of nitrogens with one attached hydrogen (secondary N) is 2. The number of esters is 2. The SMILES string of the molecule is CCOC(=O)C1=C(COC(=O)COc2ccc(C)c(C)c2)NC(=O)NC1c1ccco1. The summed E-state index contributed by atoms with van der Waals surface area (Å²) in [5.74, 6) is -0.426. The number of benzene rings is 1. The van der Waals surface area contributed by atoms with Gasteiger partial charge in [0.1, 0.15) is 24.2 Å². The number of hydrogen-bond acceptors (Lipinski definition) is 7. The Hall–Kier alpha value is -3.75. The van der Waals surface area contributed by atoms with Gasteiger partial charge in [0.25, 0.3) is 0 Å². The van der Waals surface area contributed by atoms with E-state index in [1.807, 2.05) is 26.0 Å². The largest absolute Gasteiger partial charge is 0.482 e. The normalized spacial score (nSPS) is 15.7. The van der Waals surface area contributed by atoms with Crippen LogP contribution in [-0.2, 0) is 19.1 Å². The van der Waals surface area contributed by atoms with E-state index in [9.17, 15) is 14.4 Å². The summed E-state index contributed by atoms with van der Waals surface area (Å²) >= 11 is 0. The molecule has 3 rings (SSSR count). The van der Waals surface area contributed by atoms with Gasteiger partial charge in [-0.15, -0.1) is 0 Å². The maximum atomic E-state index is 12.6. The molecule has 1 aromatic carbocycles. The summed E-state index contributed by atoms with van der Waals surface area (Å²) in [7, 11) is 0.